The molecule has 0 unspecified atom stereocenters. The predicted molar refractivity (Wildman–Crippen MR) is 93.8 cm³/mol. The predicted octanol–water partition coefficient (Wildman–Crippen LogP) is 1.20. The zero-order valence-corrected chi connectivity index (χ0v) is 14.1. The maximum Gasteiger partial charge on any atom is 0.278 e. The van der Waals surface area contributed by atoms with Crippen LogP contribution in [0.15, 0.2) is 60.7 Å². The van der Waals surface area contributed by atoms with Crippen LogP contribution >= 0.6 is 0 Å². The standard InChI is InChI=1S/C20H24N2O2/c1-16(22-12-14-24-15-13-22)20(23)21-19(17-8-4-2-5-9-17)18-10-6-3-7-11-18/h2-11,16,19H,12-15H2,1H3,(H,21,23)/p+1/t16-/m0/s1. The summed E-state index contributed by atoms with van der Waals surface area (Å²) in [4.78, 5) is 14.1. The molecule has 2 N–H and O–H groups in total. The summed E-state index contributed by atoms with van der Waals surface area (Å²) in [5, 5.41) is 3.25. The zero-order chi connectivity index (χ0) is 16.8. The minimum Gasteiger partial charge on any atom is -0.370 e. The second kappa shape index (κ2) is 8.08. The summed E-state index contributed by atoms with van der Waals surface area (Å²) < 4.78 is 5.40. The summed E-state index contributed by atoms with van der Waals surface area (Å²) in [7, 11) is 0. The van der Waals surface area contributed by atoms with Crippen molar-refractivity contribution < 1.29 is 14.4 Å². The molecule has 1 aliphatic heterocycles. The van der Waals surface area contributed by atoms with Gasteiger partial charge in [0.2, 0.25) is 0 Å². The molecule has 1 saturated heterocycles. The van der Waals surface area contributed by atoms with Crippen molar-refractivity contribution in [1.29, 1.82) is 0 Å². The molecule has 0 radical (unpaired) electrons. The number of carbonyl (C=O) groups excluding carboxylic acids is 1. The fraction of sp³-hybridized carbons (Fsp3) is 0.350. The first-order valence-electron chi connectivity index (χ1n) is 8.58. The Hall–Kier alpha value is -2.17. The van der Waals surface area contributed by atoms with Crippen LogP contribution in [0.2, 0.25) is 0 Å². The molecule has 2 aromatic rings. The quantitative estimate of drug-likeness (QED) is 0.867. The topological polar surface area (TPSA) is 42.8 Å². The maximum absolute atomic E-state index is 12.8. The van der Waals surface area contributed by atoms with E-state index in [0.29, 0.717) is 0 Å². The van der Waals surface area contributed by atoms with Crippen LogP contribution in [0.3, 0.4) is 0 Å². The van der Waals surface area contributed by atoms with Crippen molar-refractivity contribution in [3.05, 3.63) is 71.8 Å². The van der Waals surface area contributed by atoms with Gasteiger partial charge in [0.1, 0.15) is 13.1 Å². The summed E-state index contributed by atoms with van der Waals surface area (Å²) in [5.74, 6) is 0.0876. The molecular formula is C20H25N2O2+. The van der Waals surface area contributed by atoms with E-state index in [1.165, 1.54) is 4.90 Å². The third-order valence-electron chi connectivity index (χ3n) is 4.69. The fourth-order valence-electron chi connectivity index (χ4n) is 3.17. The largest absolute Gasteiger partial charge is 0.370 e. The third-order valence-corrected chi connectivity index (χ3v) is 4.69. The van der Waals surface area contributed by atoms with Crippen molar-refractivity contribution in [2.24, 2.45) is 0 Å². The van der Waals surface area contributed by atoms with Gasteiger partial charge in [-0.15, -0.1) is 0 Å². The van der Waals surface area contributed by atoms with Gasteiger partial charge in [0.25, 0.3) is 5.91 Å². The van der Waals surface area contributed by atoms with Crippen LogP contribution in [-0.2, 0) is 9.53 Å². The molecule has 1 amide bonds. The highest BCUT2D eigenvalue weighted by Gasteiger charge is 2.29. The molecule has 0 saturated carbocycles. The molecule has 24 heavy (non-hydrogen) atoms. The van der Waals surface area contributed by atoms with Gasteiger partial charge in [-0.3, -0.25) is 4.79 Å². The number of morpholine rings is 1. The van der Waals surface area contributed by atoms with Gasteiger partial charge < -0.3 is 15.0 Å². The van der Waals surface area contributed by atoms with Crippen LogP contribution < -0.4 is 10.2 Å². The van der Waals surface area contributed by atoms with Crippen LogP contribution in [0.25, 0.3) is 0 Å². The molecule has 0 spiro atoms. The van der Waals surface area contributed by atoms with Gasteiger partial charge in [0, 0.05) is 0 Å². The first kappa shape index (κ1) is 16.7. The molecule has 0 aromatic heterocycles. The number of hydrogen-bond donors (Lipinski definition) is 2. The van der Waals surface area contributed by atoms with E-state index < -0.39 is 0 Å². The van der Waals surface area contributed by atoms with Crippen LogP contribution in [0, 0.1) is 0 Å². The van der Waals surface area contributed by atoms with E-state index in [0.717, 1.165) is 37.4 Å². The lowest BCUT2D eigenvalue weighted by Gasteiger charge is -2.30. The van der Waals surface area contributed by atoms with Crippen LogP contribution in [0.5, 0.6) is 0 Å². The van der Waals surface area contributed by atoms with Crippen molar-refractivity contribution in [2.75, 3.05) is 26.3 Å². The fourth-order valence-corrected chi connectivity index (χ4v) is 3.17. The zero-order valence-electron chi connectivity index (χ0n) is 14.1. The monoisotopic (exact) mass is 325 g/mol. The van der Waals surface area contributed by atoms with E-state index in [9.17, 15) is 4.79 Å². The van der Waals surface area contributed by atoms with Gasteiger partial charge in [-0.25, -0.2) is 0 Å². The Balaban J connectivity index is 1.77. The van der Waals surface area contributed by atoms with E-state index >= 15 is 0 Å². The third kappa shape index (κ3) is 4.02. The van der Waals surface area contributed by atoms with Gasteiger partial charge in [-0.2, -0.15) is 0 Å². The van der Waals surface area contributed by atoms with Gasteiger partial charge in [0.15, 0.2) is 6.04 Å². The smallest absolute Gasteiger partial charge is 0.278 e. The molecule has 1 heterocycles. The number of rotatable bonds is 5. The first-order valence-corrected chi connectivity index (χ1v) is 8.58. The van der Waals surface area contributed by atoms with Gasteiger partial charge in [-0.1, -0.05) is 60.7 Å². The molecule has 3 rings (SSSR count). The number of ether oxygens (including phenoxy) is 1. The highest BCUT2D eigenvalue weighted by atomic mass is 16.5. The number of quaternary nitrogens is 1. The van der Waals surface area contributed by atoms with Crippen molar-refractivity contribution >= 4 is 5.91 Å². The average Bonchev–Trinajstić information content (AvgIpc) is 2.67. The highest BCUT2D eigenvalue weighted by molar-refractivity contribution is 5.80. The number of benzene rings is 2. The summed E-state index contributed by atoms with van der Waals surface area (Å²) >= 11 is 0. The maximum atomic E-state index is 12.8. The van der Waals surface area contributed by atoms with Crippen molar-refractivity contribution in [1.82, 2.24) is 5.32 Å². The molecule has 0 bridgehead atoms. The van der Waals surface area contributed by atoms with E-state index in [1.807, 2.05) is 43.3 Å². The average molecular weight is 325 g/mol. The van der Waals surface area contributed by atoms with Crippen molar-refractivity contribution in [3.8, 4) is 0 Å². The van der Waals surface area contributed by atoms with E-state index in [1.54, 1.807) is 0 Å². The Morgan fingerprint density at radius 2 is 1.46 bits per heavy atom. The highest BCUT2D eigenvalue weighted by Crippen LogP contribution is 2.21. The van der Waals surface area contributed by atoms with Crippen LogP contribution in [-0.4, -0.2) is 38.3 Å². The molecule has 2 aromatic carbocycles. The Bertz CT molecular complexity index is 600. The minimum absolute atomic E-state index is 0.0798. The molecule has 4 nitrogen and oxygen atoms in total. The minimum atomic E-state index is -0.122. The summed E-state index contributed by atoms with van der Waals surface area (Å²) in [6, 6.07) is 20.1. The SMILES string of the molecule is C[C@@H](C(=O)NC(c1ccccc1)c1ccccc1)[NH+]1CCOCC1. The Morgan fingerprint density at radius 3 is 1.96 bits per heavy atom. The lowest BCUT2D eigenvalue weighted by atomic mass is 9.98. The van der Waals surface area contributed by atoms with Gasteiger partial charge in [-0.05, 0) is 18.1 Å². The van der Waals surface area contributed by atoms with E-state index in [-0.39, 0.29) is 18.0 Å². The molecular weight excluding hydrogens is 300 g/mol. The molecule has 1 fully saturated rings. The number of carbonyl (C=O) groups is 1. The molecule has 4 heteroatoms. The lowest BCUT2D eigenvalue weighted by molar-refractivity contribution is -0.921. The Labute approximate surface area is 143 Å². The second-order valence-electron chi connectivity index (χ2n) is 6.26. The van der Waals surface area contributed by atoms with Crippen molar-refractivity contribution in [2.45, 2.75) is 19.0 Å². The summed E-state index contributed by atoms with van der Waals surface area (Å²) in [5.41, 5.74) is 2.20. The number of hydrogen-bond acceptors (Lipinski definition) is 2. The van der Waals surface area contributed by atoms with Crippen molar-refractivity contribution in [3.63, 3.8) is 0 Å². The number of amides is 1. The Morgan fingerprint density at radius 1 is 0.958 bits per heavy atom. The van der Waals surface area contributed by atoms with E-state index in [4.69, 9.17) is 4.74 Å². The second-order valence-corrected chi connectivity index (χ2v) is 6.26. The lowest BCUT2D eigenvalue weighted by Crippen LogP contribution is -3.18. The summed E-state index contributed by atoms with van der Waals surface area (Å²) in [6.07, 6.45) is 0. The summed E-state index contributed by atoms with van der Waals surface area (Å²) in [6.45, 7) is 5.23. The molecule has 0 aliphatic carbocycles. The number of nitrogens with one attached hydrogen (secondary N) is 2. The van der Waals surface area contributed by atoms with Crippen LogP contribution in [0.1, 0.15) is 24.1 Å². The molecule has 1 atom stereocenters. The molecule has 1 aliphatic rings. The van der Waals surface area contributed by atoms with E-state index in [2.05, 4.69) is 29.6 Å². The van der Waals surface area contributed by atoms with Gasteiger partial charge >= 0.3 is 0 Å². The Kier molecular flexibility index (Phi) is 5.62. The normalized spacial score (nSPS) is 16.8. The van der Waals surface area contributed by atoms with Crippen LogP contribution in [0.4, 0.5) is 0 Å². The van der Waals surface area contributed by atoms with Gasteiger partial charge in [0.05, 0.1) is 19.3 Å². The first-order chi connectivity index (χ1) is 11.8. The molecule has 126 valence electrons.